The van der Waals surface area contributed by atoms with Crippen molar-refractivity contribution in [3.8, 4) is 0 Å². The van der Waals surface area contributed by atoms with Gasteiger partial charge < -0.3 is 19.7 Å². The third-order valence-corrected chi connectivity index (χ3v) is 9.00. The second-order valence-electron chi connectivity index (χ2n) is 10.0. The molecular weight excluding hydrogens is 420 g/mol. The maximum absolute atomic E-state index is 13.8. The van der Waals surface area contributed by atoms with E-state index in [1.54, 1.807) is 11.3 Å². The minimum absolute atomic E-state index is 0.00168. The molecular formula is C25H36N4O2S. The molecule has 1 aliphatic carbocycles. The quantitative estimate of drug-likeness (QED) is 0.714. The van der Waals surface area contributed by atoms with Crippen molar-refractivity contribution in [2.45, 2.75) is 83.3 Å². The highest BCUT2D eigenvalue weighted by Crippen LogP contribution is 2.36. The number of aromatic nitrogens is 1. The average molecular weight is 457 g/mol. The van der Waals surface area contributed by atoms with Gasteiger partial charge in [0.15, 0.2) is 0 Å². The van der Waals surface area contributed by atoms with Crippen LogP contribution in [-0.2, 0) is 17.8 Å². The molecule has 0 spiro atoms. The maximum Gasteiger partial charge on any atom is 0.271 e. The van der Waals surface area contributed by atoms with E-state index in [1.165, 1.54) is 37.0 Å². The minimum atomic E-state index is -0.873. The van der Waals surface area contributed by atoms with E-state index in [0.29, 0.717) is 13.1 Å². The van der Waals surface area contributed by atoms with Crippen molar-refractivity contribution in [1.29, 1.82) is 0 Å². The van der Waals surface area contributed by atoms with Crippen LogP contribution >= 0.6 is 11.3 Å². The Hall–Kier alpha value is -1.86. The molecule has 2 aliphatic heterocycles. The Kier molecular flexibility index (Phi) is 6.05. The molecule has 32 heavy (non-hydrogen) atoms. The largest absolute Gasteiger partial charge is 0.351 e. The molecule has 2 aromatic rings. The van der Waals surface area contributed by atoms with Crippen molar-refractivity contribution >= 4 is 33.4 Å². The van der Waals surface area contributed by atoms with Crippen LogP contribution in [0.4, 0.5) is 0 Å². The Morgan fingerprint density at radius 3 is 2.59 bits per heavy atom. The third kappa shape index (κ3) is 3.87. The number of hydrogen-bond acceptors (Lipinski definition) is 4. The molecule has 6 nitrogen and oxygen atoms in total. The molecule has 0 aromatic carbocycles. The van der Waals surface area contributed by atoms with Gasteiger partial charge in [-0.05, 0) is 64.3 Å². The molecule has 1 N–H and O–H groups in total. The zero-order valence-electron chi connectivity index (χ0n) is 19.5. The Morgan fingerprint density at radius 2 is 1.88 bits per heavy atom. The van der Waals surface area contributed by atoms with Crippen LogP contribution in [0.2, 0.25) is 0 Å². The zero-order chi connectivity index (χ0) is 22.3. The molecule has 2 aromatic heterocycles. The summed E-state index contributed by atoms with van der Waals surface area (Å²) in [6, 6.07) is 4.49. The van der Waals surface area contributed by atoms with E-state index < -0.39 is 5.54 Å². The van der Waals surface area contributed by atoms with Crippen molar-refractivity contribution in [3.05, 3.63) is 22.7 Å². The Labute approximate surface area is 194 Å². The fourth-order valence-electron chi connectivity index (χ4n) is 5.75. The van der Waals surface area contributed by atoms with Gasteiger partial charge in [0, 0.05) is 24.0 Å². The van der Waals surface area contributed by atoms with Crippen LogP contribution in [0.25, 0.3) is 10.2 Å². The summed E-state index contributed by atoms with van der Waals surface area (Å²) in [5.74, 6) is 0.0100. The normalized spacial score (nSPS) is 24.9. The number of nitrogens with one attached hydrogen (secondary N) is 1. The van der Waals surface area contributed by atoms with Crippen molar-refractivity contribution in [2.24, 2.45) is 0 Å². The van der Waals surface area contributed by atoms with Crippen LogP contribution in [0.5, 0.6) is 0 Å². The van der Waals surface area contributed by atoms with E-state index in [1.807, 2.05) is 17.9 Å². The van der Waals surface area contributed by atoms with Crippen molar-refractivity contribution < 1.29 is 9.59 Å². The van der Waals surface area contributed by atoms with Gasteiger partial charge >= 0.3 is 0 Å². The Bertz CT molecular complexity index is 999. The van der Waals surface area contributed by atoms with Gasteiger partial charge in [0.25, 0.3) is 5.91 Å². The summed E-state index contributed by atoms with van der Waals surface area (Å²) in [5.41, 5.74) is 0.964. The second-order valence-corrected chi connectivity index (χ2v) is 11.2. The lowest BCUT2D eigenvalue weighted by Gasteiger charge is -2.45. The smallest absolute Gasteiger partial charge is 0.271 e. The molecule has 0 radical (unpaired) electrons. The minimum Gasteiger partial charge on any atom is -0.351 e. The second kappa shape index (κ2) is 8.82. The predicted octanol–water partition coefficient (Wildman–Crippen LogP) is 4.02. The van der Waals surface area contributed by atoms with Crippen LogP contribution in [0.15, 0.2) is 12.1 Å². The molecule has 0 unspecified atom stereocenters. The van der Waals surface area contributed by atoms with E-state index in [9.17, 15) is 9.59 Å². The predicted molar refractivity (Wildman–Crippen MR) is 129 cm³/mol. The fraction of sp³-hybridized carbons (Fsp3) is 0.680. The van der Waals surface area contributed by atoms with Crippen LogP contribution in [-0.4, -0.2) is 63.9 Å². The first-order chi connectivity index (χ1) is 15.5. The summed E-state index contributed by atoms with van der Waals surface area (Å²) >= 11 is 1.76. The first kappa shape index (κ1) is 22.0. The Balaban J connectivity index is 1.46. The lowest BCUT2D eigenvalue weighted by atomic mass is 9.91. The lowest BCUT2D eigenvalue weighted by molar-refractivity contribution is -0.133. The van der Waals surface area contributed by atoms with Gasteiger partial charge in [-0.25, -0.2) is 0 Å². The first-order valence-corrected chi connectivity index (χ1v) is 13.3. The van der Waals surface area contributed by atoms with Gasteiger partial charge in [-0.2, -0.15) is 0 Å². The molecule has 1 atom stereocenters. The molecule has 1 saturated heterocycles. The van der Waals surface area contributed by atoms with E-state index >= 15 is 0 Å². The molecule has 2 fully saturated rings. The number of likely N-dealkylation sites (tertiary alicyclic amines) is 1. The summed E-state index contributed by atoms with van der Waals surface area (Å²) in [6.45, 7) is 8.30. The third-order valence-electron chi connectivity index (χ3n) is 7.78. The zero-order valence-corrected chi connectivity index (χ0v) is 20.3. The van der Waals surface area contributed by atoms with Crippen LogP contribution in [0.3, 0.4) is 0 Å². The van der Waals surface area contributed by atoms with E-state index in [0.717, 1.165) is 54.8 Å². The SMILES string of the molecule is CCc1cc2c(cc3n2C[C@](C)(C(=O)NC2CCCCC2)N(CCN2CCCC2)C3=O)s1. The number of thiophene rings is 1. The van der Waals surface area contributed by atoms with E-state index in [-0.39, 0.29) is 17.9 Å². The molecule has 4 heterocycles. The van der Waals surface area contributed by atoms with Gasteiger partial charge in [0.1, 0.15) is 11.2 Å². The number of nitrogens with zero attached hydrogens (tertiary/aromatic N) is 3. The van der Waals surface area contributed by atoms with Crippen molar-refractivity contribution in [2.75, 3.05) is 26.2 Å². The molecule has 7 heteroatoms. The summed E-state index contributed by atoms with van der Waals surface area (Å²) in [7, 11) is 0. The molecule has 2 amide bonds. The number of carbonyl (C=O) groups excluding carboxylic acids is 2. The number of rotatable bonds is 6. The number of hydrogen-bond donors (Lipinski definition) is 1. The van der Waals surface area contributed by atoms with Crippen LogP contribution in [0.1, 0.15) is 74.2 Å². The highest BCUT2D eigenvalue weighted by molar-refractivity contribution is 7.19. The summed E-state index contributed by atoms with van der Waals surface area (Å²) < 4.78 is 3.27. The maximum atomic E-state index is 13.8. The summed E-state index contributed by atoms with van der Waals surface area (Å²) in [6.07, 6.45) is 9.15. The standard InChI is InChI=1S/C25H36N4O2S/c1-3-19-15-20-22(32-19)16-21-23(30)29(14-13-27-11-7-8-12-27)25(2,17-28(20)21)24(31)26-18-9-5-4-6-10-18/h15-16,18H,3-14,17H2,1-2H3,(H,26,31)/t25-/m1/s1. The fourth-order valence-corrected chi connectivity index (χ4v) is 6.79. The number of aryl methyl sites for hydroxylation is 1. The van der Waals surface area contributed by atoms with Crippen LogP contribution in [0, 0.1) is 0 Å². The topological polar surface area (TPSA) is 57.6 Å². The number of carbonyl (C=O) groups is 2. The first-order valence-electron chi connectivity index (χ1n) is 12.5. The lowest BCUT2D eigenvalue weighted by Crippen LogP contribution is -2.65. The monoisotopic (exact) mass is 456 g/mol. The van der Waals surface area contributed by atoms with Gasteiger partial charge in [-0.3, -0.25) is 9.59 Å². The van der Waals surface area contributed by atoms with Gasteiger partial charge in [-0.1, -0.05) is 26.2 Å². The summed E-state index contributed by atoms with van der Waals surface area (Å²) in [5, 5.41) is 3.34. The molecule has 1 saturated carbocycles. The average Bonchev–Trinajstić information content (AvgIpc) is 3.51. The van der Waals surface area contributed by atoms with E-state index in [4.69, 9.17) is 0 Å². The molecule has 5 rings (SSSR count). The van der Waals surface area contributed by atoms with Gasteiger partial charge in [-0.15, -0.1) is 11.3 Å². The summed E-state index contributed by atoms with van der Waals surface area (Å²) in [4.78, 5) is 33.1. The van der Waals surface area contributed by atoms with Crippen molar-refractivity contribution in [3.63, 3.8) is 0 Å². The molecule has 174 valence electrons. The van der Waals surface area contributed by atoms with Crippen molar-refractivity contribution in [1.82, 2.24) is 19.7 Å². The van der Waals surface area contributed by atoms with Crippen LogP contribution < -0.4 is 5.32 Å². The van der Waals surface area contributed by atoms with E-state index in [2.05, 4.69) is 27.8 Å². The van der Waals surface area contributed by atoms with Gasteiger partial charge in [0.2, 0.25) is 5.91 Å². The molecule has 0 bridgehead atoms. The number of fused-ring (bicyclic) bond motifs is 3. The highest BCUT2D eigenvalue weighted by Gasteiger charge is 2.48. The number of amides is 2. The molecule has 3 aliphatic rings. The highest BCUT2D eigenvalue weighted by atomic mass is 32.1. The van der Waals surface area contributed by atoms with Gasteiger partial charge in [0.05, 0.1) is 16.8 Å². The Morgan fingerprint density at radius 1 is 1.12 bits per heavy atom.